The maximum Gasteiger partial charge on any atom is 0.363 e. The molecule has 0 fully saturated rings. The molecule has 0 spiro atoms. The van der Waals surface area contributed by atoms with Gasteiger partial charge in [-0.3, -0.25) is 4.98 Å². The van der Waals surface area contributed by atoms with E-state index in [4.69, 9.17) is 16.3 Å². The first kappa shape index (κ1) is 12.6. The van der Waals surface area contributed by atoms with Crippen molar-refractivity contribution < 1.29 is 9.53 Å². The summed E-state index contributed by atoms with van der Waals surface area (Å²) in [5.41, 5.74) is 1.44. The van der Waals surface area contributed by atoms with Gasteiger partial charge in [0.2, 0.25) is 5.90 Å². The Morgan fingerprint density at radius 1 is 1.10 bits per heavy atom. The van der Waals surface area contributed by atoms with E-state index in [9.17, 15) is 4.79 Å². The van der Waals surface area contributed by atoms with Gasteiger partial charge < -0.3 is 4.74 Å². The number of carbonyl (C=O) groups is 1. The van der Waals surface area contributed by atoms with Crippen molar-refractivity contribution in [1.29, 1.82) is 0 Å². The van der Waals surface area contributed by atoms with E-state index in [1.807, 2.05) is 12.1 Å². The van der Waals surface area contributed by atoms with Crippen LogP contribution in [0.1, 0.15) is 11.3 Å². The quantitative estimate of drug-likeness (QED) is 0.629. The fraction of sp³-hybridized carbons (Fsp3) is 0. The highest BCUT2D eigenvalue weighted by Crippen LogP contribution is 2.22. The van der Waals surface area contributed by atoms with Crippen molar-refractivity contribution in [2.75, 3.05) is 0 Å². The number of esters is 1. The van der Waals surface area contributed by atoms with Crippen LogP contribution in [-0.4, -0.2) is 16.9 Å². The van der Waals surface area contributed by atoms with Crippen LogP contribution < -0.4 is 0 Å². The van der Waals surface area contributed by atoms with Gasteiger partial charge in [-0.2, -0.15) is 0 Å². The lowest BCUT2D eigenvalue weighted by Gasteiger charge is -1.96. The van der Waals surface area contributed by atoms with E-state index < -0.39 is 5.97 Å². The molecule has 5 heteroatoms. The highest BCUT2D eigenvalue weighted by molar-refractivity contribution is 6.32. The molecule has 1 aliphatic heterocycles. The van der Waals surface area contributed by atoms with Crippen LogP contribution in [0.3, 0.4) is 0 Å². The molecule has 0 amide bonds. The second-order valence-electron chi connectivity index (χ2n) is 4.07. The van der Waals surface area contributed by atoms with Gasteiger partial charge in [-0.05, 0) is 29.8 Å². The van der Waals surface area contributed by atoms with Crippen molar-refractivity contribution in [2.45, 2.75) is 0 Å². The number of benzene rings is 1. The van der Waals surface area contributed by atoms with Crippen LogP contribution in [0.5, 0.6) is 0 Å². The minimum atomic E-state index is -0.509. The normalized spacial score (nSPS) is 16.1. The Hall–Kier alpha value is -2.46. The van der Waals surface area contributed by atoms with E-state index >= 15 is 0 Å². The molecule has 0 aliphatic carbocycles. The molecule has 0 saturated heterocycles. The van der Waals surface area contributed by atoms with Crippen molar-refractivity contribution in [3.8, 4) is 0 Å². The van der Waals surface area contributed by atoms with Gasteiger partial charge in [-0.25, -0.2) is 9.79 Å². The minimum Gasteiger partial charge on any atom is -0.400 e. The molecule has 1 aromatic heterocycles. The molecule has 0 N–H and O–H groups in total. The van der Waals surface area contributed by atoms with Crippen molar-refractivity contribution in [2.24, 2.45) is 4.99 Å². The lowest BCUT2D eigenvalue weighted by atomic mass is 10.2. The minimum absolute atomic E-state index is 0.203. The zero-order valence-corrected chi connectivity index (χ0v) is 11.0. The number of carbonyl (C=O) groups excluding carboxylic acids is 1. The Morgan fingerprint density at radius 3 is 2.65 bits per heavy atom. The summed E-state index contributed by atoms with van der Waals surface area (Å²) in [5.74, 6) is -0.306. The molecule has 3 rings (SSSR count). The van der Waals surface area contributed by atoms with Gasteiger partial charge in [0.15, 0.2) is 5.70 Å². The molecule has 0 atom stereocenters. The van der Waals surface area contributed by atoms with Gasteiger partial charge in [0, 0.05) is 11.2 Å². The Morgan fingerprint density at radius 2 is 1.90 bits per heavy atom. The standard InChI is InChI=1S/C15H9ClN2O2/c16-11-6-2-1-5-10(11)9-13-15(19)20-14(18-13)12-7-3-4-8-17-12/h1-9H/b13-9-. The topological polar surface area (TPSA) is 51.5 Å². The lowest BCUT2D eigenvalue weighted by Crippen LogP contribution is -2.06. The molecule has 0 bridgehead atoms. The molecule has 0 unspecified atom stereocenters. The second-order valence-corrected chi connectivity index (χ2v) is 4.48. The summed E-state index contributed by atoms with van der Waals surface area (Å²) in [6.45, 7) is 0. The van der Waals surface area contributed by atoms with Gasteiger partial charge in [0.1, 0.15) is 5.69 Å². The number of pyridine rings is 1. The summed E-state index contributed by atoms with van der Waals surface area (Å²) in [4.78, 5) is 20.1. The monoisotopic (exact) mass is 284 g/mol. The van der Waals surface area contributed by atoms with Gasteiger partial charge >= 0.3 is 5.97 Å². The van der Waals surface area contributed by atoms with E-state index in [0.717, 1.165) is 0 Å². The van der Waals surface area contributed by atoms with E-state index in [2.05, 4.69) is 9.98 Å². The van der Waals surface area contributed by atoms with Crippen LogP contribution in [0.15, 0.2) is 59.4 Å². The van der Waals surface area contributed by atoms with Gasteiger partial charge in [0.25, 0.3) is 0 Å². The Bertz CT molecular complexity index is 724. The maximum absolute atomic E-state index is 11.8. The van der Waals surface area contributed by atoms with Crippen molar-refractivity contribution in [3.63, 3.8) is 0 Å². The number of halogens is 1. The first-order chi connectivity index (χ1) is 9.74. The molecule has 2 heterocycles. The summed E-state index contributed by atoms with van der Waals surface area (Å²) in [6, 6.07) is 12.5. The fourth-order valence-corrected chi connectivity index (χ4v) is 1.94. The van der Waals surface area contributed by atoms with Crippen molar-refractivity contribution in [1.82, 2.24) is 4.98 Å². The van der Waals surface area contributed by atoms with Crippen molar-refractivity contribution in [3.05, 3.63) is 70.6 Å². The molecule has 1 aromatic carbocycles. The lowest BCUT2D eigenvalue weighted by molar-refractivity contribution is -0.129. The zero-order chi connectivity index (χ0) is 13.9. The van der Waals surface area contributed by atoms with Crippen LogP contribution in [0.4, 0.5) is 0 Å². The van der Waals surface area contributed by atoms with Gasteiger partial charge in [0.05, 0.1) is 0 Å². The number of nitrogens with zero attached hydrogens (tertiary/aromatic N) is 2. The first-order valence-electron chi connectivity index (χ1n) is 5.92. The summed E-state index contributed by atoms with van der Waals surface area (Å²) in [7, 11) is 0. The van der Waals surface area contributed by atoms with Gasteiger partial charge in [-0.1, -0.05) is 35.9 Å². The smallest absolute Gasteiger partial charge is 0.363 e. The van der Waals surface area contributed by atoms with Crippen LogP contribution in [-0.2, 0) is 9.53 Å². The summed E-state index contributed by atoms with van der Waals surface area (Å²) < 4.78 is 5.11. The fourth-order valence-electron chi connectivity index (χ4n) is 1.75. The number of hydrogen-bond acceptors (Lipinski definition) is 4. The van der Waals surface area contributed by atoms with E-state index in [1.54, 1.807) is 42.6 Å². The summed E-state index contributed by atoms with van der Waals surface area (Å²) >= 11 is 6.05. The number of aliphatic imine (C=N–C) groups is 1. The third-order valence-corrected chi connectivity index (χ3v) is 3.05. The molecular formula is C15H9ClN2O2. The van der Waals surface area contributed by atoms with Crippen LogP contribution in [0.2, 0.25) is 5.02 Å². The van der Waals surface area contributed by atoms with E-state index in [0.29, 0.717) is 16.3 Å². The third-order valence-electron chi connectivity index (χ3n) is 2.70. The molecule has 4 nitrogen and oxygen atoms in total. The zero-order valence-electron chi connectivity index (χ0n) is 10.3. The average Bonchev–Trinajstić information content (AvgIpc) is 2.84. The summed E-state index contributed by atoms with van der Waals surface area (Å²) in [5, 5.41) is 0.550. The number of aromatic nitrogens is 1. The molecule has 0 radical (unpaired) electrons. The van der Waals surface area contributed by atoms with E-state index in [1.165, 1.54) is 0 Å². The highest BCUT2D eigenvalue weighted by atomic mass is 35.5. The number of rotatable bonds is 2. The number of cyclic esters (lactones) is 1. The molecule has 0 saturated carbocycles. The maximum atomic E-state index is 11.8. The Labute approximate surface area is 120 Å². The Kier molecular flexibility index (Phi) is 3.31. The van der Waals surface area contributed by atoms with Crippen LogP contribution in [0, 0.1) is 0 Å². The predicted octanol–water partition coefficient (Wildman–Crippen LogP) is 3.08. The third kappa shape index (κ3) is 2.46. The average molecular weight is 285 g/mol. The second kappa shape index (κ2) is 5.27. The molecule has 98 valence electrons. The first-order valence-corrected chi connectivity index (χ1v) is 6.30. The molecule has 2 aromatic rings. The summed E-state index contributed by atoms with van der Waals surface area (Å²) in [6.07, 6.45) is 3.21. The highest BCUT2D eigenvalue weighted by Gasteiger charge is 2.24. The number of ether oxygens (including phenoxy) is 1. The van der Waals surface area contributed by atoms with Crippen LogP contribution >= 0.6 is 11.6 Å². The van der Waals surface area contributed by atoms with Crippen LogP contribution in [0.25, 0.3) is 6.08 Å². The largest absolute Gasteiger partial charge is 0.400 e. The SMILES string of the molecule is O=C1OC(c2ccccn2)=N/C1=C\c1ccccc1Cl. The van der Waals surface area contributed by atoms with Gasteiger partial charge in [-0.15, -0.1) is 0 Å². The van der Waals surface area contributed by atoms with Crippen molar-refractivity contribution >= 4 is 29.5 Å². The Balaban J connectivity index is 1.97. The number of hydrogen-bond donors (Lipinski definition) is 0. The molecule has 20 heavy (non-hydrogen) atoms. The molecular weight excluding hydrogens is 276 g/mol. The van der Waals surface area contributed by atoms with E-state index in [-0.39, 0.29) is 11.6 Å². The predicted molar refractivity (Wildman–Crippen MR) is 76.3 cm³/mol. The molecule has 1 aliphatic rings.